The molecule has 28 heavy (non-hydrogen) atoms. The first-order valence-electron chi connectivity index (χ1n) is 8.33. The molecule has 0 aliphatic rings. The van der Waals surface area contributed by atoms with Crippen molar-refractivity contribution >= 4 is 35.1 Å². The Kier molecular flexibility index (Phi) is 5.81. The maximum Gasteiger partial charge on any atom is 0.337 e. The Morgan fingerprint density at radius 3 is 2.25 bits per heavy atom. The summed E-state index contributed by atoms with van der Waals surface area (Å²) >= 11 is 0. The number of methoxy groups -OCH3 is 2. The SMILES string of the molecule is COC(=O)c1ccc(Nc2nccc(Nc3cccc(C(=O)OC)c3)n2)cc1. The molecule has 0 amide bonds. The van der Waals surface area contributed by atoms with E-state index >= 15 is 0 Å². The minimum Gasteiger partial charge on any atom is -0.465 e. The minimum atomic E-state index is -0.413. The molecule has 1 heterocycles. The van der Waals surface area contributed by atoms with Crippen molar-refractivity contribution in [1.29, 1.82) is 0 Å². The molecule has 0 atom stereocenters. The highest BCUT2D eigenvalue weighted by molar-refractivity contribution is 5.91. The lowest BCUT2D eigenvalue weighted by molar-refractivity contribution is 0.0592. The van der Waals surface area contributed by atoms with Gasteiger partial charge in [-0.3, -0.25) is 0 Å². The Morgan fingerprint density at radius 1 is 0.821 bits per heavy atom. The second-order valence-corrected chi connectivity index (χ2v) is 5.66. The second kappa shape index (κ2) is 8.63. The summed E-state index contributed by atoms with van der Waals surface area (Å²) in [5, 5.41) is 6.19. The maximum atomic E-state index is 11.6. The van der Waals surface area contributed by atoms with E-state index in [1.54, 1.807) is 54.7 Å². The molecule has 0 aliphatic heterocycles. The molecule has 8 nitrogen and oxygen atoms in total. The van der Waals surface area contributed by atoms with E-state index in [-0.39, 0.29) is 0 Å². The molecule has 142 valence electrons. The normalized spacial score (nSPS) is 10.1. The molecule has 3 rings (SSSR count). The van der Waals surface area contributed by atoms with Crippen LogP contribution in [0.3, 0.4) is 0 Å². The lowest BCUT2D eigenvalue weighted by Crippen LogP contribution is -2.03. The molecular formula is C20H18N4O4. The highest BCUT2D eigenvalue weighted by atomic mass is 16.5. The topological polar surface area (TPSA) is 102 Å². The first-order chi connectivity index (χ1) is 13.6. The van der Waals surface area contributed by atoms with Crippen LogP contribution in [0.4, 0.5) is 23.1 Å². The van der Waals surface area contributed by atoms with Gasteiger partial charge in [0.05, 0.1) is 25.3 Å². The summed E-state index contributed by atoms with van der Waals surface area (Å²) in [6.45, 7) is 0. The minimum absolute atomic E-state index is 0.375. The number of anilines is 4. The van der Waals surface area contributed by atoms with Gasteiger partial charge < -0.3 is 20.1 Å². The quantitative estimate of drug-likeness (QED) is 0.628. The van der Waals surface area contributed by atoms with Gasteiger partial charge in [0.1, 0.15) is 5.82 Å². The molecule has 0 saturated heterocycles. The van der Waals surface area contributed by atoms with Crippen LogP contribution in [-0.4, -0.2) is 36.1 Å². The number of carbonyl (C=O) groups is 2. The van der Waals surface area contributed by atoms with Crippen molar-refractivity contribution in [3.05, 3.63) is 71.9 Å². The molecule has 0 bridgehead atoms. The molecule has 2 aromatic carbocycles. The number of aromatic nitrogens is 2. The van der Waals surface area contributed by atoms with E-state index in [0.29, 0.717) is 28.6 Å². The first-order valence-corrected chi connectivity index (χ1v) is 8.33. The second-order valence-electron chi connectivity index (χ2n) is 5.66. The number of ether oxygens (including phenoxy) is 2. The lowest BCUT2D eigenvalue weighted by Gasteiger charge is -2.09. The molecule has 0 spiro atoms. The fourth-order valence-corrected chi connectivity index (χ4v) is 2.41. The van der Waals surface area contributed by atoms with Gasteiger partial charge in [-0.25, -0.2) is 14.6 Å². The summed E-state index contributed by atoms with van der Waals surface area (Å²) in [7, 11) is 2.67. The highest BCUT2D eigenvalue weighted by Crippen LogP contribution is 2.19. The fourth-order valence-electron chi connectivity index (χ4n) is 2.41. The van der Waals surface area contributed by atoms with E-state index in [4.69, 9.17) is 4.74 Å². The van der Waals surface area contributed by atoms with Crippen LogP contribution in [0, 0.1) is 0 Å². The van der Waals surface area contributed by atoms with Crippen LogP contribution in [0.1, 0.15) is 20.7 Å². The van der Waals surface area contributed by atoms with Crippen LogP contribution < -0.4 is 10.6 Å². The fraction of sp³-hybridized carbons (Fsp3) is 0.100. The molecule has 2 N–H and O–H groups in total. The Labute approximate surface area is 161 Å². The number of nitrogens with one attached hydrogen (secondary N) is 2. The summed E-state index contributed by atoms with van der Waals surface area (Å²) in [5.41, 5.74) is 2.30. The van der Waals surface area contributed by atoms with E-state index in [1.807, 2.05) is 6.07 Å². The van der Waals surface area contributed by atoms with Gasteiger partial charge in [-0.1, -0.05) is 6.07 Å². The summed E-state index contributed by atoms with van der Waals surface area (Å²) in [6.07, 6.45) is 1.60. The lowest BCUT2D eigenvalue weighted by atomic mass is 10.2. The number of hydrogen-bond donors (Lipinski definition) is 2. The van der Waals surface area contributed by atoms with Gasteiger partial charge in [0.2, 0.25) is 5.95 Å². The summed E-state index contributed by atoms with van der Waals surface area (Å²) in [4.78, 5) is 31.7. The standard InChI is InChI=1S/C20H18N4O4/c1-27-18(25)13-6-8-15(9-7-13)23-20-21-11-10-17(24-20)22-16-5-3-4-14(12-16)19(26)28-2/h3-12H,1-2H3,(H2,21,22,23,24). The van der Waals surface area contributed by atoms with Gasteiger partial charge in [0.25, 0.3) is 0 Å². The van der Waals surface area contributed by atoms with Gasteiger partial charge in [-0.2, -0.15) is 4.98 Å². The van der Waals surface area contributed by atoms with E-state index < -0.39 is 11.9 Å². The van der Waals surface area contributed by atoms with E-state index in [2.05, 4.69) is 25.3 Å². The monoisotopic (exact) mass is 378 g/mol. The van der Waals surface area contributed by atoms with Crippen LogP contribution in [0.5, 0.6) is 0 Å². The zero-order valence-electron chi connectivity index (χ0n) is 15.3. The molecule has 3 aromatic rings. The predicted octanol–water partition coefficient (Wildman–Crippen LogP) is 3.54. The Morgan fingerprint density at radius 2 is 1.54 bits per heavy atom. The van der Waals surface area contributed by atoms with Gasteiger partial charge in [-0.05, 0) is 48.5 Å². The van der Waals surface area contributed by atoms with Crippen LogP contribution in [0.15, 0.2) is 60.8 Å². The summed E-state index contributed by atoms with van der Waals surface area (Å²) < 4.78 is 9.40. The van der Waals surface area contributed by atoms with Crippen molar-refractivity contribution in [2.75, 3.05) is 24.9 Å². The van der Waals surface area contributed by atoms with E-state index in [9.17, 15) is 9.59 Å². The number of nitrogens with zero attached hydrogens (tertiary/aromatic N) is 2. The Bertz CT molecular complexity index is 990. The largest absolute Gasteiger partial charge is 0.465 e. The van der Waals surface area contributed by atoms with Crippen molar-refractivity contribution in [3.8, 4) is 0 Å². The molecule has 0 radical (unpaired) electrons. The molecule has 0 unspecified atom stereocenters. The number of hydrogen-bond acceptors (Lipinski definition) is 8. The van der Waals surface area contributed by atoms with Gasteiger partial charge >= 0.3 is 11.9 Å². The molecule has 0 fully saturated rings. The average Bonchev–Trinajstić information content (AvgIpc) is 2.73. The van der Waals surface area contributed by atoms with Crippen LogP contribution in [-0.2, 0) is 9.47 Å². The predicted molar refractivity (Wildman–Crippen MR) is 104 cm³/mol. The Balaban J connectivity index is 1.72. The van der Waals surface area contributed by atoms with Crippen molar-refractivity contribution < 1.29 is 19.1 Å². The molecule has 1 aromatic heterocycles. The van der Waals surface area contributed by atoms with Crippen LogP contribution in [0.2, 0.25) is 0 Å². The van der Waals surface area contributed by atoms with Crippen molar-refractivity contribution in [1.82, 2.24) is 9.97 Å². The zero-order valence-corrected chi connectivity index (χ0v) is 15.3. The third kappa shape index (κ3) is 4.61. The number of benzene rings is 2. The van der Waals surface area contributed by atoms with Crippen LogP contribution >= 0.6 is 0 Å². The number of esters is 2. The zero-order chi connectivity index (χ0) is 19.9. The van der Waals surface area contributed by atoms with E-state index in [1.165, 1.54) is 14.2 Å². The number of carbonyl (C=O) groups excluding carboxylic acids is 2. The van der Waals surface area contributed by atoms with Crippen molar-refractivity contribution in [3.63, 3.8) is 0 Å². The van der Waals surface area contributed by atoms with Crippen molar-refractivity contribution in [2.45, 2.75) is 0 Å². The Hall–Kier alpha value is -3.94. The number of rotatable bonds is 6. The maximum absolute atomic E-state index is 11.6. The highest BCUT2D eigenvalue weighted by Gasteiger charge is 2.08. The summed E-state index contributed by atoms with van der Waals surface area (Å²) in [6, 6.07) is 15.4. The van der Waals surface area contributed by atoms with Gasteiger partial charge in [0, 0.05) is 17.6 Å². The van der Waals surface area contributed by atoms with Gasteiger partial charge in [0.15, 0.2) is 0 Å². The molecule has 0 saturated carbocycles. The molecular weight excluding hydrogens is 360 g/mol. The average molecular weight is 378 g/mol. The third-order valence-electron chi connectivity index (χ3n) is 3.77. The van der Waals surface area contributed by atoms with E-state index in [0.717, 1.165) is 5.69 Å². The summed E-state index contributed by atoms with van der Waals surface area (Å²) in [5.74, 6) is 0.109. The first kappa shape index (κ1) is 18.8. The van der Waals surface area contributed by atoms with Crippen LogP contribution in [0.25, 0.3) is 0 Å². The van der Waals surface area contributed by atoms with Crippen molar-refractivity contribution in [2.24, 2.45) is 0 Å². The third-order valence-corrected chi connectivity index (χ3v) is 3.77. The smallest absolute Gasteiger partial charge is 0.337 e. The molecule has 8 heteroatoms. The van der Waals surface area contributed by atoms with Gasteiger partial charge in [-0.15, -0.1) is 0 Å². The molecule has 0 aliphatic carbocycles.